The molecule has 2 N–H and O–H groups in total. The zero-order valence-electron chi connectivity index (χ0n) is 8.75. The molecule has 0 spiro atoms. The van der Waals surface area contributed by atoms with Crippen LogP contribution in [0.5, 0.6) is 0 Å². The van der Waals surface area contributed by atoms with E-state index in [-0.39, 0.29) is 0 Å². The number of nitrogens with one attached hydrogen (secondary N) is 2. The van der Waals surface area contributed by atoms with Gasteiger partial charge in [-0.3, -0.25) is 4.99 Å². The second-order valence-corrected chi connectivity index (χ2v) is 5.16. The summed E-state index contributed by atoms with van der Waals surface area (Å²) in [4.78, 5) is 4.37. The van der Waals surface area contributed by atoms with E-state index in [9.17, 15) is 0 Å². The van der Waals surface area contributed by atoms with Crippen LogP contribution in [0.15, 0.2) is 4.99 Å². The molecule has 0 bridgehead atoms. The SMILES string of the molecule is CSC1CCCC(NC2=NCCN2)C1. The fraction of sp³-hybridized carbons (Fsp3) is 0.900. The molecule has 4 heteroatoms. The van der Waals surface area contributed by atoms with Crippen molar-refractivity contribution in [3.05, 3.63) is 0 Å². The van der Waals surface area contributed by atoms with Crippen molar-refractivity contribution >= 4 is 17.7 Å². The van der Waals surface area contributed by atoms with E-state index in [1.165, 1.54) is 25.7 Å². The van der Waals surface area contributed by atoms with Crippen LogP contribution < -0.4 is 10.6 Å². The predicted octanol–water partition coefficient (Wildman–Crippen LogP) is 1.21. The molecule has 1 aliphatic heterocycles. The number of guanidine groups is 1. The van der Waals surface area contributed by atoms with Gasteiger partial charge in [-0.05, 0) is 25.5 Å². The van der Waals surface area contributed by atoms with Gasteiger partial charge in [0.25, 0.3) is 0 Å². The van der Waals surface area contributed by atoms with Crippen LogP contribution in [0.1, 0.15) is 25.7 Å². The van der Waals surface area contributed by atoms with Crippen LogP contribution in [0.4, 0.5) is 0 Å². The third-order valence-corrected chi connectivity index (χ3v) is 4.07. The Morgan fingerprint density at radius 2 is 2.43 bits per heavy atom. The molecule has 0 amide bonds. The molecule has 0 saturated heterocycles. The maximum Gasteiger partial charge on any atom is 0.191 e. The average molecular weight is 213 g/mol. The predicted molar refractivity (Wildman–Crippen MR) is 63.0 cm³/mol. The maximum absolute atomic E-state index is 4.37. The number of hydrogen-bond acceptors (Lipinski definition) is 4. The van der Waals surface area contributed by atoms with Gasteiger partial charge in [-0.15, -0.1) is 0 Å². The van der Waals surface area contributed by atoms with Gasteiger partial charge in [0.05, 0.1) is 6.54 Å². The van der Waals surface area contributed by atoms with Gasteiger partial charge >= 0.3 is 0 Å². The molecule has 2 atom stereocenters. The van der Waals surface area contributed by atoms with Crippen LogP contribution in [0.3, 0.4) is 0 Å². The Labute approximate surface area is 90.1 Å². The van der Waals surface area contributed by atoms with Gasteiger partial charge in [-0.25, -0.2) is 0 Å². The molecule has 1 fully saturated rings. The number of nitrogens with zero attached hydrogens (tertiary/aromatic N) is 1. The number of thioether (sulfide) groups is 1. The quantitative estimate of drug-likeness (QED) is 0.724. The van der Waals surface area contributed by atoms with Crippen molar-refractivity contribution in [2.75, 3.05) is 19.3 Å². The van der Waals surface area contributed by atoms with Crippen LogP contribution in [0.25, 0.3) is 0 Å². The maximum atomic E-state index is 4.37. The minimum Gasteiger partial charge on any atom is -0.355 e. The molecule has 1 saturated carbocycles. The molecule has 80 valence electrons. The molecule has 1 heterocycles. The Morgan fingerprint density at radius 3 is 3.14 bits per heavy atom. The molecule has 1 aliphatic carbocycles. The average Bonchev–Trinajstić information content (AvgIpc) is 2.71. The van der Waals surface area contributed by atoms with Gasteiger partial charge in [0.2, 0.25) is 0 Å². The first-order valence-electron chi connectivity index (χ1n) is 5.46. The topological polar surface area (TPSA) is 36.4 Å². The fourth-order valence-electron chi connectivity index (χ4n) is 2.18. The summed E-state index contributed by atoms with van der Waals surface area (Å²) < 4.78 is 0. The highest BCUT2D eigenvalue weighted by atomic mass is 32.2. The van der Waals surface area contributed by atoms with Gasteiger partial charge < -0.3 is 10.6 Å². The van der Waals surface area contributed by atoms with Crippen molar-refractivity contribution < 1.29 is 0 Å². The molecule has 0 aromatic heterocycles. The van der Waals surface area contributed by atoms with Gasteiger partial charge in [0, 0.05) is 17.8 Å². The summed E-state index contributed by atoms with van der Waals surface area (Å²) in [5.41, 5.74) is 0. The van der Waals surface area contributed by atoms with Crippen LogP contribution >= 0.6 is 11.8 Å². The minimum absolute atomic E-state index is 0.644. The smallest absolute Gasteiger partial charge is 0.191 e. The fourth-order valence-corrected chi connectivity index (χ4v) is 3.01. The van der Waals surface area contributed by atoms with E-state index in [0.717, 1.165) is 24.3 Å². The van der Waals surface area contributed by atoms with E-state index in [4.69, 9.17) is 0 Å². The van der Waals surface area contributed by atoms with Crippen LogP contribution in [-0.4, -0.2) is 36.6 Å². The highest BCUT2D eigenvalue weighted by Gasteiger charge is 2.22. The van der Waals surface area contributed by atoms with Gasteiger partial charge in [-0.2, -0.15) is 11.8 Å². The summed E-state index contributed by atoms with van der Waals surface area (Å²) in [6, 6.07) is 0.644. The molecular weight excluding hydrogens is 194 g/mol. The van der Waals surface area contributed by atoms with Crippen molar-refractivity contribution in [2.45, 2.75) is 37.0 Å². The molecule has 0 aromatic rings. The van der Waals surface area contributed by atoms with Gasteiger partial charge in [0.1, 0.15) is 0 Å². The lowest BCUT2D eigenvalue weighted by molar-refractivity contribution is 0.420. The Balaban J connectivity index is 1.79. The second-order valence-electron chi connectivity index (χ2n) is 4.02. The Morgan fingerprint density at radius 1 is 1.50 bits per heavy atom. The monoisotopic (exact) mass is 213 g/mol. The zero-order valence-corrected chi connectivity index (χ0v) is 9.57. The molecule has 2 unspecified atom stereocenters. The first-order valence-corrected chi connectivity index (χ1v) is 6.75. The summed E-state index contributed by atoms with van der Waals surface area (Å²) in [5, 5.41) is 7.63. The first-order chi connectivity index (χ1) is 6.88. The Hall–Kier alpha value is -0.380. The lowest BCUT2D eigenvalue weighted by Gasteiger charge is -2.29. The van der Waals surface area contributed by atoms with E-state index in [0.29, 0.717) is 6.04 Å². The van der Waals surface area contributed by atoms with Crippen molar-refractivity contribution in [3.63, 3.8) is 0 Å². The van der Waals surface area contributed by atoms with E-state index in [1.54, 1.807) is 0 Å². The highest BCUT2D eigenvalue weighted by molar-refractivity contribution is 7.99. The van der Waals surface area contributed by atoms with Crippen LogP contribution in [0, 0.1) is 0 Å². The number of aliphatic imine (C=N–C) groups is 1. The molecular formula is C10H19N3S. The summed E-state index contributed by atoms with van der Waals surface area (Å²) in [6.07, 6.45) is 7.56. The Bertz CT molecular complexity index is 217. The van der Waals surface area contributed by atoms with Crippen molar-refractivity contribution in [1.29, 1.82) is 0 Å². The summed E-state index contributed by atoms with van der Waals surface area (Å²) in [5.74, 6) is 1.02. The van der Waals surface area contributed by atoms with Crippen LogP contribution in [0.2, 0.25) is 0 Å². The number of hydrogen-bond donors (Lipinski definition) is 2. The third-order valence-electron chi connectivity index (χ3n) is 2.97. The van der Waals surface area contributed by atoms with E-state index in [2.05, 4.69) is 21.9 Å². The summed E-state index contributed by atoms with van der Waals surface area (Å²) in [6.45, 7) is 1.93. The molecule has 14 heavy (non-hydrogen) atoms. The highest BCUT2D eigenvalue weighted by Crippen LogP contribution is 2.26. The first kappa shape index (κ1) is 10.1. The lowest BCUT2D eigenvalue weighted by Crippen LogP contribution is -2.43. The molecule has 2 rings (SSSR count). The van der Waals surface area contributed by atoms with E-state index >= 15 is 0 Å². The van der Waals surface area contributed by atoms with Crippen molar-refractivity contribution in [3.8, 4) is 0 Å². The molecule has 0 aromatic carbocycles. The lowest BCUT2D eigenvalue weighted by atomic mass is 9.95. The molecule has 2 aliphatic rings. The summed E-state index contributed by atoms with van der Waals surface area (Å²) >= 11 is 2.01. The largest absolute Gasteiger partial charge is 0.355 e. The van der Waals surface area contributed by atoms with E-state index < -0.39 is 0 Å². The zero-order chi connectivity index (χ0) is 9.80. The molecule has 3 nitrogen and oxygen atoms in total. The minimum atomic E-state index is 0.644. The number of rotatable bonds is 2. The van der Waals surface area contributed by atoms with Gasteiger partial charge in [0.15, 0.2) is 5.96 Å². The van der Waals surface area contributed by atoms with E-state index in [1.807, 2.05) is 11.8 Å². The second kappa shape index (κ2) is 4.91. The third kappa shape index (κ3) is 2.56. The standard InChI is InChI=1S/C10H19N3S/c1-14-9-4-2-3-8(7-9)13-10-11-5-6-12-10/h8-9H,2-7H2,1H3,(H2,11,12,13). The molecule has 0 radical (unpaired) electrons. The van der Waals surface area contributed by atoms with Gasteiger partial charge in [-0.1, -0.05) is 6.42 Å². The Kier molecular flexibility index (Phi) is 3.56. The van der Waals surface area contributed by atoms with Crippen molar-refractivity contribution in [1.82, 2.24) is 10.6 Å². The van der Waals surface area contributed by atoms with Crippen molar-refractivity contribution in [2.24, 2.45) is 4.99 Å². The summed E-state index contributed by atoms with van der Waals surface area (Å²) in [7, 11) is 0. The normalized spacial score (nSPS) is 32.2. The van der Waals surface area contributed by atoms with Crippen LogP contribution in [-0.2, 0) is 0 Å².